The Hall–Kier alpha value is -2.28. The quantitative estimate of drug-likeness (QED) is 0.868. The largest absolute Gasteiger partial charge is 0.393 e. The van der Waals surface area contributed by atoms with Gasteiger partial charge in [0, 0.05) is 24.4 Å². The molecule has 1 fully saturated rings. The zero-order chi connectivity index (χ0) is 17.8. The fourth-order valence-electron chi connectivity index (χ4n) is 2.95. The second-order valence-electron chi connectivity index (χ2n) is 6.55. The summed E-state index contributed by atoms with van der Waals surface area (Å²) in [4.78, 5) is 16.2. The van der Waals surface area contributed by atoms with Crippen molar-refractivity contribution in [2.45, 2.75) is 57.6 Å². The monoisotopic (exact) mass is 347 g/mol. The zero-order valence-corrected chi connectivity index (χ0v) is 14.2. The predicted octanol–water partition coefficient (Wildman–Crippen LogP) is 2.54. The van der Waals surface area contributed by atoms with Crippen LogP contribution in [0.1, 0.15) is 43.6 Å². The van der Waals surface area contributed by atoms with Crippen LogP contribution < -0.4 is 5.32 Å². The Morgan fingerprint density at radius 1 is 1.36 bits per heavy atom. The van der Waals surface area contributed by atoms with Crippen molar-refractivity contribution >= 4 is 5.91 Å². The van der Waals surface area contributed by atoms with E-state index in [4.69, 9.17) is 4.52 Å². The second kappa shape index (κ2) is 7.74. The number of aryl methyl sites for hydroxylation is 2. The van der Waals surface area contributed by atoms with Gasteiger partial charge in [-0.1, -0.05) is 17.3 Å². The van der Waals surface area contributed by atoms with Crippen molar-refractivity contribution in [2.24, 2.45) is 0 Å². The van der Waals surface area contributed by atoms with Gasteiger partial charge in [-0.25, -0.2) is 4.39 Å². The molecule has 1 aliphatic carbocycles. The van der Waals surface area contributed by atoms with Crippen molar-refractivity contribution in [3.8, 4) is 11.4 Å². The number of nitrogens with one attached hydrogen (secondary N) is 1. The van der Waals surface area contributed by atoms with E-state index < -0.39 is 0 Å². The topological polar surface area (TPSA) is 88.2 Å². The predicted molar refractivity (Wildman–Crippen MR) is 89.2 cm³/mol. The van der Waals surface area contributed by atoms with Crippen molar-refractivity contribution < 1.29 is 18.8 Å². The van der Waals surface area contributed by atoms with Gasteiger partial charge in [-0.05, 0) is 44.2 Å². The highest BCUT2D eigenvalue weighted by Gasteiger charge is 2.21. The number of rotatable bonds is 5. The maximum atomic E-state index is 13.6. The Morgan fingerprint density at radius 2 is 2.12 bits per heavy atom. The van der Waals surface area contributed by atoms with E-state index in [1.165, 1.54) is 6.07 Å². The van der Waals surface area contributed by atoms with Crippen molar-refractivity contribution in [3.63, 3.8) is 0 Å². The second-order valence-corrected chi connectivity index (χ2v) is 6.55. The number of aromatic nitrogens is 2. The molecule has 2 aromatic rings. The highest BCUT2D eigenvalue weighted by molar-refractivity contribution is 5.76. The number of amides is 1. The smallest absolute Gasteiger partial charge is 0.227 e. The molecule has 1 heterocycles. The number of nitrogens with zero attached hydrogens (tertiary/aromatic N) is 2. The summed E-state index contributed by atoms with van der Waals surface area (Å²) < 4.78 is 18.8. The van der Waals surface area contributed by atoms with Gasteiger partial charge in [0.05, 0.1) is 6.10 Å². The molecule has 1 aromatic heterocycles. The van der Waals surface area contributed by atoms with E-state index in [9.17, 15) is 14.3 Å². The fraction of sp³-hybridized carbons (Fsp3) is 0.500. The third kappa shape index (κ3) is 4.63. The third-order valence-corrected chi connectivity index (χ3v) is 4.53. The molecule has 0 unspecified atom stereocenters. The van der Waals surface area contributed by atoms with Gasteiger partial charge in [0.15, 0.2) is 0 Å². The number of carbonyl (C=O) groups is 1. The van der Waals surface area contributed by atoms with Crippen molar-refractivity contribution in [1.82, 2.24) is 15.5 Å². The first-order valence-electron chi connectivity index (χ1n) is 8.58. The lowest BCUT2D eigenvalue weighted by Gasteiger charge is -2.26. The minimum atomic E-state index is -0.319. The van der Waals surface area contributed by atoms with Gasteiger partial charge in [-0.15, -0.1) is 0 Å². The minimum absolute atomic E-state index is 0.0671. The Balaban J connectivity index is 1.51. The lowest BCUT2D eigenvalue weighted by Crippen LogP contribution is -2.38. The molecule has 0 radical (unpaired) electrons. The van der Waals surface area contributed by atoms with Crippen LogP contribution in [0.5, 0.6) is 0 Å². The highest BCUT2D eigenvalue weighted by Crippen LogP contribution is 2.20. The van der Waals surface area contributed by atoms with Gasteiger partial charge in [-0.3, -0.25) is 4.79 Å². The van der Waals surface area contributed by atoms with Crippen molar-refractivity contribution in [3.05, 3.63) is 35.5 Å². The molecular weight excluding hydrogens is 325 g/mol. The Labute approximate surface area is 145 Å². The number of hydrogen-bond donors (Lipinski definition) is 2. The van der Waals surface area contributed by atoms with E-state index in [2.05, 4.69) is 15.5 Å². The van der Waals surface area contributed by atoms with Gasteiger partial charge >= 0.3 is 0 Å². The molecule has 134 valence electrons. The summed E-state index contributed by atoms with van der Waals surface area (Å²) in [6.45, 7) is 1.69. The summed E-state index contributed by atoms with van der Waals surface area (Å²) in [5.74, 6) is 0.282. The van der Waals surface area contributed by atoms with E-state index in [0.717, 1.165) is 25.7 Å². The summed E-state index contributed by atoms with van der Waals surface area (Å²) in [6, 6.07) is 4.89. The summed E-state index contributed by atoms with van der Waals surface area (Å²) >= 11 is 0. The molecule has 6 nitrogen and oxygen atoms in total. The molecule has 1 amide bonds. The maximum absolute atomic E-state index is 13.6. The standard InChI is InChI=1S/C18H22FN3O3/c1-11-2-3-12(10-15(11)19)18-21-17(25-22-18)9-8-16(24)20-13-4-6-14(23)7-5-13/h2-3,10,13-14,23H,4-9H2,1H3,(H,20,24). The molecule has 0 atom stereocenters. The lowest BCUT2D eigenvalue weighted by molar-refractivity contribution is -0.122. The zero-order valence-electron chi connectivity index (χ0n) is 14.2. The first kappa shape index (κ1) is 17.5. The first-order chi connectivity index (χ1) is 12.0. The van der Waals surface area contributed by atoms with Crippen molar-refractivity contribution in [1.29, 1.82) is 0 Å². The van der Waals surface area contributed by atoms with Crippen LogP contribution in [-0.4, -0.2) is 33.3 Å². The molecule has 0 aliphatic heterocycles. The van der Waals surface area contributed by atoms with E-state index in [1.54, 1.807) is 19.1 Å². The Morgan fingerprint density at radius 3 is 2.84 bits per heavy atom. The molecule has 0 saturated heterocycles. The summed E-state index contributed by atoms with van der Waals surface area (Å²) in [6.07, 6.45) is 3.41. The SMILES string of the molecule is Cc1ccc(-c2noc(CCC(=O)NC3CCC(O)CC3)n2)cc1F. The number of carbonyl (C=O) groups excluding carboxylic acids is 1. The number of aliphatic hydroxyl groups excluding tert-OH is 1. The molecule has 0 bridgehead atoms. The molecule has 1 aromatic carbocycles. The van der Waals surface area contributed by atoms with Crippen LogP contribution in [0.15, 0.2) is 22.7 Å². The van der Waals surface area contributed by atoms with Gasteiger partial charge in [0.2, 0.25) is 17.6 Å². The molecule has 1 saturated carbocycles. The Bertz CT molecular complexity index is 739. The van der Waals surface area contributed by atoms with Gasteiger partial charge in [0.25, 0.3) is 0 Å². The minimum Gasteiger partial charge on any atom is -0.393 e. The fourth-order valence-corrected chi connectivity index (χ4v) is 2.95. The molecule has 2 N–H and O–H groups in total. The summed E-state index contributed by atoms with van der Waals surface area (Å²) in [5.41, 5.74) is 1.10. The first-order valence-corrected chi connectivity index (χ1v) is 8.58. The molecular formula is C18H22FN3O3. The van der Waals surface area contributed by atoms with Crippen LogP contribution in [-0.2, 0) is 11.2 Å². The van der Waals surface area contributed by atoms with E-state index in [-0.39, 0.29) is 30.3 Å². The lowest BCUT2D eigenvalue weighted by atomic mass is 9.93. The molecule has 3 rings (SSSR count). The van der Waals surface area contributed by atoms with Gasteiger partial charge in [-0.2, -0.15) is 4.98 Å². The van der Waals surface area contributed by atoms with Crippen LogP contribution in [0.4, 0.5) is 4.39 Å². The van der Waals surface area contributed by atoms with Crippen molar-refractivity contribution in [2.75, 3.05) is 0 Å². The maximum Gasteiger partial charge on any atom is 0.227 e. The van der Waals surface area contributed by atoms with Crippen LogP contribution in [0.2, 0.25) is 0 Å². The highest BCUT2D eigenvalue weighted by atomic mass is 19.1. The number of hydrogen-bond acceptors (Lipinski definition) is 5. The van der Waals surface area contributed by atoms with Crippen LogP contribution in [0, 0.1) is 12.7 Å². The van der Waals surface area contributed by atoms with E-state index in [0.29, 0.717) is 29.3 Å². The number of benzene rings is 1. The number of halogens is 1. The third-order valence-electron chi connectivity index (χ3n) is 4.53. The molecule has 0 spiro atoms. The van der Waals surface area contributed by atoms with E-state index in [1.807, 2.05) is 0 Å². The van der Waals surface area contributed by atoms with Crippen LogP contribution >= 0.6 is 0 Å². The summed E-state index contributed by atoms with van der Waals surface area (Å²) in [5, 5.41) is 16.3. The average Bonchev–Trinajstić information content (AvgIpc) is 3.07. The normalized spacial score (nSPS) is 20.4. The molecule has 25 heavy (non-hydrogen) atoms. The molecule has 7 heteroatoms. The van der Waals surface area contributed by atoms with Crippen LogP contribution in [0.25, 0.3) is 11.4 Å². The van der Waals surface area contributed by atoms with Crippen LogP contribution in [0.3, 0.4) is 0 Å². The van der Waals surface area contributed by atoms with E-state index >= 15 is 0 Å². The van der Waals surface area contributed by atoms with Gasteiger partial charge < -0.3 is 14.9 Å². The molecule has 1 aliphatic rings. The average molecular weight is 347 g/mol. The van der Waals surface area contributed by atoms with Gasteiger partial charge in [0.1, 0.15) is 5.82 Å². The summed E-state index contributed by atoms with van der Waals surface area (Å²) in [7, 11) is 0. The number of aliphatic hydroxyl groups is 1. The Kier molecular flexibility index (Phi) is 5.43.